The molecule has 1 aromatic rings. The average molecular weight is 172 g/mol. The maximum Gasteiger partial charge on any atom is 0.0931 e. The zero-order chi connectivity index (χ0) is 10.4. The maximum absolute atomic E-state index is 4.71. The third kappa shape index (κ3) is 16.1. The van der Waals surface area contributed by atoms with E-state index in [1.54, 1.807) is 12.5 Å². The quantitative estimate of drug-likeness (QED) is 0.554. The lowest BCUT2D eigenvalue weighted by Crippen LogP contribution is -1.48. The Labute approximate surface area is 77.8 Å². The van der Waals surface area contributed by atoms with Crippen molar-refractivity contribution >= 4 is 0 Å². The van der Waals surface area contributed by atoms with Crippen molar-refractivity contribution in [2.75, 3.05) is 0 Å². The predicted molar refractivity (Wildman–Crippen MR) is 57.5 cm³/mol. The van der Waals surface area contributed by atoms with Crippen LogP contribution in [0.15, 0.2) is 23.0 Å². The minimum absolute atomic E-state index is 1.18. The summed E-state index contributed by atoms with van der Waals surface area (Å²) in [6.45, 7) is 14.0. The van der Waals surface area contributed by atoms with Gasteiger partial charge in [0.15, 0.2) is 0 Å². The Balaban J connectivity index is -0.000000117. The van der Waals surface area contributed by atoms with Crippen LogP contribution in [-0.4, -0.2) is 0 Å². The van der Waals surface area contributed by atoms with Crippen LogP contribution in [0.3, 0.4) is 0 Å². The Bertz CT molecular complexity index is 109. The molecule has 1 heterocycles. The lowest BCUT2D eigenvalue weighted by molar-refractivity contribution is 0.565. The van der Waals surface area contributed by atoms with Gasteiger partial charge in [-0.3, -0.25) is 0 Å². The molecule has 1 rings (SSSR count). The first-order chi connectivity index (χ1) is 5.89. The van der Waals surface area contributed by atoms with Gasteiger partial charge in [-0.05, 0) is 18.6 Å². The molecule has 12 heavy (non-hydrogen) atoms. The molecular weight excluding hydrogens is 148 g/mol. The van der Waals surface area contributed by atoms with Crippen molar-refractivity contribution in [1.82, 2.24) is 0 Å². The second-order valence-corrected chi connectivity index (χ2v) is 1.30. The van der Waals surface area contributed by atoms with E-state index in [9.17, 15) is 0 Å². The topological polar surface area (TPSA) is 13.1 Å². The first-order valence-corrected chi connectivity index (χ1v) is 4.88. The van der Waals surface area contributed by atoms with Gasteiger partial charge >= 0.3 is 0 Å². The molecule has 0 aliphatic heterocycles. The Morgan fingerprint density at radius 1 is 0.917 bits per heavy atom. The summed E-state index contributed by atoms with van der Waals surface area (Å²) in [7, 11) is 0. The largest absolute Gasteiger partial charge is 0.472 e. The summed E-state index contributed by atoms with van der Waals surface area (Å²) in [5, 5.41) is 0. The van der Waals surface area contributed by atoms with Crippen molar-refractivity contribution in [3.8, 4) is 0 Å². The highest BCUT2D eigenvalue weighted by Gasteiger charge is 1.75. The second kappa shape index (κ2) is 22.4. The van der Waals surface area contributed by atoms with Crippen molar-refractivity contribution < 1.29 is 4.42 Å². The van der Waals surface area contributed by atoms with E-state index < -0.39 is 0 Å². The van der Waals surface area contributed by atoms with Gasteiger partial charge in [0.1, 0.15) is 0 Å². The van der Waals surface area contributed by atoms with E-state index in [1.807, 2.05) is 54.5 Å². The highest BCUT2D eigenvalue weighted by molar-refractivity contribution is 5.00. The normalized spacial score (nSPS) is 5.92. The smallest absolute Gasteiger partial charge is 0.0931 e. The monoisotopic (exact) mass is 172 g/mol. The van der Waals surface area contributed by atoms with Gasteiger partial charge in [0.2, 0.25) is 0 Å². The van der Waals surface area contributed by atoms with Gasteiger partial charge in [0.05, 0.1) is 12.5 Å². The number of hydrogen-bond donors (Lipinski definition) is 0. The summed E-state index contributed by atoms with van der Waals surface area (Å²) in [6.07, 6.45) is 3.37. The molecule has 1 heteroatoms. The van der Waals surface area contributed by atoms with E-state index in [0.29, 0.717) is 0 Å². The molecule has 0 aromatic carbocycles. The van der Waals surface area contributed by atoms with Crippen LogP contribution in [0.1, 0.15) is 47.1 Å². The summed E-state index contributed by atoms with van der Waals surface area (Å²) in [5.74, 6) is 0. The molecule has 0 radical (unpaired) electrons. The molecule has 0 atom stereocenters. The molecule has 0 amide bonds. The molecule has 1 aromatic heterocycles. The van der Waals surface area contributed by atoms with Crippen LogP contribution in [-0.2, 0) is 0 Å². The number of aryl methyl sites for hydroxylation is 1. The van der Waals surface area contributed by atoms with E-state index in [1.165, 1.54) is 5.56 Å². The molecule has 0 N–H and O–H groups in total. The van der Waals surface area contributed by atoms with Crippen molar-refractivity contribution in [2.24, 2.45) is 0 Å². The fourth-order valence-electron chi connectivity index (χ4n) is 0.333. The van der Waals surface area contributed by atoms with Crippen LogP contribution in [0.5, 0.6) is 0 Å². The molecule has 0 saturated heterocycles. The molecule has 1 nitrogen and oxygen atoms in total. The number of furan rings is 1. The highest BCUT2D eigenvalue weighted by Crippen LogP contribution is 1.93. The number of rotatable bonds is 0. The van der Waals surface area contributed by atoms with Gasteiger partial charge in [-0.2, -0.15) is 0 Å². The zero-order valence-corrected chi connectivity index (χ0v) is 9.64. The molecule has 0 aliphatic carbocycles. The van der Waals surface area contributed by atoms with Gasteiger partial charge in [-0.25, -0.2) is 0 Å². The molecule has 74 valence electrons. The minimum atomic E-state index is 1.18. The van der Waals surface area contributed by atoms with Gasteiger partial charge in [-0.1, -0.05) is 41.5 Å². The summed E-state index contributed by atoms with van der Waals surface area (Å²) in [4.78, 5) is 0. The summed E-state index contributed by atoms with van der Waals surface area (Å²) < 4.78 is 4.71. The Kier molecular flexibility index (Phi) is 32.5. The van der Waals surface area contributed by atoms with Crippen molar-refractivity contribution in [1.29, 1.82) is 0 Å². The van der Waals surface area contributed by atoms with Gasteiger partial charge in [0.25, 0.3) is 0 Å². The average Bonchev–Trinajstić information content (AvgIpc) is 2.66. The maximum atomic E-state index is 4.71. The molecule has 0 bridgehead atoms. The third-order valence-electron chi connectivity index (χ3n) is 0.663. The molecule has 0 saturated carbocycles. The van der Waals surface area contributed by atoms with E-state index >= 15 is 0 Å². The highest BCUT2D eigenvalue weighted by atomic mass is 16.3. The minimum Gasteiger partial charge on any atom is -0.472 e. The first kappa shape index (κ1) is 17.4. The Morgan fingerprint density at radius 3 is 1.42 bits per heavy atom. The lowest BCUT2D eigenvalue weighted by Gasteiger charge is -1.63. The molecule has 0 aliphatic rings. The molecular formula is C11H24O. The van der Waals surface area contributed by atoms with Crippen molar-refractivity contribution in [3.63, 3.8) is 0 Å². The predicted octanol–water partition coefficient (Wildman–Crippen LogP) is 4.67. The summed E-state index contributed by atoms with van der Waals surface area (Å²) in [5.41, 5.74) is 1.18. The first-order valence-electron chi connectivity index (χ1n) is 4.88. The molecule has 0 spiro atoms. The van der Waals surface area contributed by atoms with Crippen LogP contribution in [0.4, 0.5) is 0 Å². The van der Waals surface area contributed by atoms with E-state index in [-0.39, 0.29) is 0 Å². The molecule has 0 fully saturated rings. The van der Waals surface area contributed by atoms with Crippen molar-refractivity contribution in [3.05, 3.63) is 24.2 Å². The van der Waals surface area contributed by atoms with Crippen LogP contribution < -0.4 is 0 Å². The van der Waals surface area contributed by atoms with Crippen LogP contribution in [0.2, 0.25) is 0 Å². The second-order valence-electron chi connectivity index (χ2n) is 1.30. The van der Waals surface area contributed by atoms with Crippen LogP contribution in [0.25, 0.3) is 0 Å². The Hall–Kier alpha value is -0.720. The van der Waals surface area contributed by atoms with E-state index in [0.717, 1.165) is 0 Å². The van der Waals surface area contributed by atoms with Gasteiger partial charge < -0.3 is 4.42 Å². The van der Waals surface area contributed by atoms with E-state index in [4.69, 9.17) is 4.42 Å². The SMILES string of the molecule is CC.CC.CC.Cc1ccoc1. The molecule has 0 unspecified atom stereocenters. The third-order valence-corrected chi connectivity index (χ3v) is 0.663. The number of hydrogen-bond acceptors (Lipinski definition) is 1. The summed E-state index contributed by atoms with van der Waals surface area (Å²) >= 11 is 0. The van der Waals surface area contributed by atoms with Crippen LogP contribution in [0, 0.1) is 6.92 Å². The van der Waals surface area contributed by atoms with Crippen LogP contribution >= 0.6 is 0 Å². The fourth-order valence-corrected chi connectivity index (χ4v) is 0.333. The van der Waals surface area contributed by atoms with E-state index in [2.05, 4.69) is 0 Å². The lowest BCUT2D eigenvalue weighted by atomic mass is 10.4. The van der Waals surface area contributed by atoms with Gasteiger partial charge in [0, 0.05) is 0 Å². The standard InChI is InChI=1S/C5H6O.3C2H6/c1-5-2-3-6-4-5;3*1-2/h2-4H,1H3;3*1-2H3. The Morgan fingerprint density at radius 2 is 1.33 bits per heavy atom. The zero-order valence-electron chi connectivity index (χ0n) is 9.64. The van der Waals surface area contributed by atoms with Gasteiger partial charge in [-0.15, -0.1) is 0 Å². The fraction of sp³-hybridized carbons (Fsp3) is 0.636. The summed E-state index contributed by atoms with van der Waals surface area (Å²) in [6, 6.07) is 1.92. The van der Waals surface area contributed by atoms with Crippen molar-refractivity contribution in [2.45, 2.75) is 48.5 Å².